The predicted octanol–water partition coefficient (Wildman–Crippen LogP) is 3.55. The number of carbonyl (C=O) groups is 1. The molecular formula is C15H20ClNO2. The van der Waals surface area contributed by atoms with Crippen LogP contribution in [-0.2, 0) is 4.79 Å². The van der Waals surface area contributed by atoms with E-state index in [1.54, 1.807) is 6.08 Å². The predicted molar refractivity (Wildman–Crippen MR) is 81.1 cm³/mol. The van der Waals surface area contributed by atoms with Gasteiger partial charge in [0.1, 0.15) is 0 Å². The fourth-order valence-corrected chi connectivity index (χ4v) is 2.23. The lowest BCUT2D eigenvalue weighted by Gasteiger charge is -2.25. The zero-order valence-corrected chi connectivity index (χ0v) is 12.2. The highest BCUT2D eigenvalue weighted by Gasteiger charge is 2.07. The van der Waals surface area contributed by atoms with Gasteiger partial charge in [-0.05, 0) is 42.7 Å². The fourth-order valence-electron chi connectivity index (χ4n) is 2.03. The van der Waals surface area contributed by atoms with Gasteiger partial charge in [-0.3, -0.25) is 0 Å². The van der Waals surface area contributed by atoms with Gasteiger partial charge >= 0.3 is 5.97 Å². The maximum absolute atomic E-state index is 10.5. The number of alkyl halides is 1. The van der Waals surface area contributed by atoms with Gasteiger partial charge < -0.3 is 10.0 Å². The number of anilines is 1. The lowest BCUT2D eigenvalue weighted by Crippen LogP contribution is -2.26. The summed E-state index contributed by atoms with van der Waals surface area (Å²) in [6, 6.07) is 5.95. The molecule has 3 nitrogen and oxygen atoms in total. The molecule has 0 unspecified atom stereocenters. The number of benzene rings is 1. The first-order valence-corrected chi connectivity index (χ1v) is 6.94. The molecule has 4 heteroatoms. The number of hydrogen-bond donors (Lipinski definition) is 1. The summed E-state index contributed by atoms with van der Waals surface area (Å²) in [6.07, 6.45) is 3.82. The summed E-state index contributed by atoms with van der Waals surface area (Å²) in [5.41, 5.74) is 3.19. The Bertz CT molecular complexity index is 451. The van der Waals surface area contributed by atoms with Crippen molar-refractivity contribution in [2.24, 2.45) is 0 Å². The van der Waals surface area contributed by atoms with Crippen molar-refractivity contribution in [1.82, 2.24) is 0 Å². The minimum absolute atomic E-state index is 0.597. The first-order valence-electron chi connectivity index (χ1n) is 6.41. The lowest BCUT2D eigenvalue weighted by molar-refractivity contribution is -0.131. The van der Waals surface area contributed by atoms with E-state index in [1.807, 2.05) is 25.1 Å². The Hall–Kier alpha value is -1.48. The average molecular weight is 282 g/mol. The highest BCUT2D eigenvalue weighted by Crippen LogP contribution is 2.22. The molecule has 0 heterocycles. The SMILES string of the molecule is CCCN(CCCl)c1ccc(C=CC(=O)O)cc1C. The molecule has 0 spiro atoms. The van der Waals surface area contributed by atoms with E-state index in [0.717, 1.165) is 42.4 Å². The van der Waals surface area contributed by atoms with Crippen molar-refractivity contribution < 1.29 is 9.90 Å². The van der Waals surface area contributed by atoms with Crippen LogP contribution in [-0.4, -0.2) is 30.0 Å². The number of hydrogen-bond acceptors (Lipinski definition) is 2. The Morgan fingerprint density at radius 1 is 1.42 bits per heavy atom. The van der Waals surface area contributed by atoms with E-state index in [2.05, 4.69) is 11.8 Å². The quantitative estimate of drug-likeness (QED) is 0.614. The van der Waals surface area contributed by atoms with Crippen LogP contribution in [0, 0.1) is 6.92 Å². The molecule has 0 aliphatic carbocycles. The van der Waals surface area contributed by atoms with Crippen LogP contribution in [0.5, 0.6) is 0 Å². The molecule has 0 fully saturated rings. The normalized spacial score (nSPS) is 10.9. The van der Waals surface area contributed by atoms with E-state index in [0.29, 0.717) is 5.88 Å². The third kappa shape index (κ3) is 4.95. The maximum Gasteiger partial charge on any atom is 0.328 e. The van der Waals surface area contributed by atoms with Gasteiger partial charge in [0.25, 0.3) is 0 Å². The first kappa shape index (κ1) is 15.6. The van der Waals surface area contributed by atoms with Crippen LogP contribution in [0.25, 0.3) is 6.08 Å². The van der Waals surface area contributed by atoms with Gasteiger partial charge in [-0.2, -0.15) is 0 Å². The van der Waals surface area contributed by atoms with E-state index in [9.17, 15) is 4.79 Å². The van der Waals surface area contributed by atoms with Gasteiger partial charge in [-0.1, -0.05) is 13.0 Å². The number of carboxylic acids is 1. The third-order valence-corrected chi connectivity index (χ3v) is 3.00. The second-order valence-electron chi connectivity index (χ2n) is 4.39. The standard InChI is InChI=1S/C15H20ClNO2/c1-3-9-17(10-8-16)14-6-4-13(11-12(14)2)5-7-15(18)19/h4-7,11H,3,8-10H2,1-2H3,(H,18,19). The maximum atomic E-state index is 10.5. The smallest absolute Gasteiger partial charge is 0.328 e. The molecule has 0 radical (unpaired) electrons. The molecule has 1 aromatic carbocycles. The summed E-state index contributed by atoms with van der Waals surface area (Å²) < 4.78 is 0. The molecule has 104 valence electrons. The molecule has 0 atom stereocenters. The molecule has 1 rings (SSSR count). The highest BCUT2D eigenvalue weighted by molar-refractivity contribution is 6.18. The Morgan fingerprint density at radius 3 is 2.68 bits per heavy atom. The van der Waals surface area contributed by atoms with Crippen LogP contribution >= 0.6 is 11.6 Å². The number of aryl methyl sites for hydroxylation is 1. The number of rotatable bonds is 7. The molecule has 0 bridgehead atoms. The topological polar surface area (TPSA) is 40.5 Å². The Kier molecular flexibility index (Phi) is 6.43. The molecule has 1 aromatic rings. The molecule has 0 aliphatic heterocycles. The van der Waals surface area contributed by atoms with Crippen LogP contribution in [0.4, 0.5) is 5.69 Å². The van der Waals surface area contributed by atoms with E-state index < -0.39 is 5.97 Å². The third-order valence-electron chi connectivity index (χ3n) is 2.83. The minimum atomic E-state index is -0.934. The van der Waals surface area contributed by atoms with Crippen molar-refractivity contribution in [2.75, 3.05) is 23.9 Å². The zero-order valence-electron chi connectivity index (χ0n) is 11.4. The molecule has 19 heavy (non-hydrogen) atoms. The molecule has 0 aliphatic rings. The van der Waals surface area contributed by atoms with Crippen LogP contribution < -0.4 is 4.90 Å². The summed E-state index contributed by atoms with van der Waals surface area (Å²) in [6.45, 7) is 5.96. The summed E-state index contributed by atoms with van der Waals surface area (Å²) in [5.74, 6) is -0.336. The summed E-state index contributed by atoms with van der Waals surface area (Å²) in [4.78, 5) is 12.8. The second kappa shape index (κ2) is 7.85. The number of carboxylic acid groups (broad SMARTS) is 1. The largest absolute Gasteiger partial charge is 0.478 e. The summed E-state index contributed by atoms with van der Waals surface area (Å²) >= 11 is 5.83. The number of nitrogens with zero attached hydrogens (tertiary/aromatic N) is 1. The van der Waals surface area contributed by atoms with E-state index >= 15 is 0 Å². The van der Waals surface area contributed by atoms with Crippen molar-refractivity contribution in [3.63, 3.8) is 0 Å². The van der Waals surface area contributed by atoms with E-state index in [4.69, 9.17) is 16.7 Å². The van der Waals surface area contributed by atoms with Gasteiger partial charge in [-0.15, -0.1) is 11.6 Å². The van der Waals surface area contributed by atoms with Crippen molar-refractivity contribution in [2.45, 2.75) is 20.3 Å². The van der Waals surface area contributed by atoms with Crippen molar-refractivity contribution >= 4 is 29.3 Å². The van der Waals surface area contributed by atoms with Gasteiger partial charge in [0.15, 0.2) is 0 Å². The molecular weight excluding hydrogens is 262 g/mol. The first-order chi connectivity index (χ1) is 9.08. The van der Waals surface area contributed by atoms with Gasteiger partial charge in [0.05, 0.1) is 0 Å². The van der Waals surface area contributed by atoms with Crippen LogP contribution in [0.1, 0.15) is 24.5 Å². The molecule has 0 saturated carbocycles. The van der Waals surface area contributed by atoms with Crippen LogP contribution in [0.15, 0.2) is 24.3 Å². The molecule has 0 amide bonds. The highest BCUT2D eigenvalue weighted by atomic mass is 35.5. The lowest BCUT2D eigenvalue weighted by atomic mass is 10.1. The van der Waals surface area contributed by atoms with Gasteiger partial charge in [0.2, 0.25) is 0 Å². The zero-order chi connectivity index (χ0) is 14.3. The molecule has 1 N–H and O–H groups in total. The Morgan fingerprint density at radius 2 is 2.16 bits per heavy atom. The van der Waals surface area contributed by atoms with Crippen LogP contribution in [0.3, 0.4) is 0 Å². The average Bonchev–Trinajstić information content (AvgIpc) is 2.36. The summed E-state index contributed by atoms with van der Waals surface area (Å²) in [7, 11) is 0. The molecule has 0 saturated heterocycles. The molecule has 0 aromatic heterocycles. The second-order valence-corrected chi connectivity index (χ2v) is 4.77. The van der Waals surface area contributed by atoms with Crippen LogP contribution in [0.2, 0.25) is 0 Å². The monoisotopic (exact) mass is 281 g/mol. The van der Waals surface area contributed by atoms with Gasteiger partial charge in [-0.25, -0.2) is 4.79 Å². The number of aliphatic carboxylic acids is 1. The van der Waals surface area contributed by atoms with E-state index in [-0.39, 0.29) is 0 Å². The van der Waals surface area contributed by atoms with Crippen molar-refractivity contribution in [3.05, 3.63) is 35.4 Å². The Balaban J connectivity index is 2.94. The fraction of sp³-hybridized carbons (Fsp3) is 0.400. The van der Waals surface area contributed by atoms with E-state index in [1.165, 1.54) is 0 Å². The summed E-state index contributed by atoms with van der Waals surface area (Å²) in [5, 5.41) is 8.62. The number of halogens is 1. The van der Waals surface area contributed by atoms with Crippen molar-refractivity contribution in [1.29, 1.82) is 0 Å². The minimum Gasteiger partial charge on any atom is -0.478 e. The Labute approximate surface area is 119 Å². The van der Waals surface area contributed by atoms with Crippen molar-refractivity contribution in [3.8, 4) is 0 Å². The van der Waals surface area contributed by atoms with Gasteiger partial charge in [0, 0.05) is 30.7 Å².